The van der Waals surface area contributed by atoms with Crippen molar-refractivity contribution in [1.29, 1.82) is 0 Å². The molecule has 2 aliphatic rings. The Hall–Kier alpha value is -3.49. The first-order valence-corrected chi connectivity index (χ1v) is 11.2. The molecule has 0 unspecified atom stereocenters. The fourth-order valence-corrected chi connectivity index (χ4v) is 5.56. The second-order valence-corrected chi connectivity index (χ2v) is 8.81. The minimum atomic E-state index is -1.04. The van der Waals surface area contributed by atoms with E-state index in [0.717, 1.165) is 0 Å². The number of methoxy groups -OCH3 is 1. The summed E-state index contributed by atoms with van der Waals surface area (Å²) >= 11 is 0. The minimum absolute atomic E-state index is 0.189. The summed E-state index contributed by atoms with van der Waals surface area (Å²) in [6.45, 7) is 0.0669. The fraction of sp³-hybridized carbons (Fsp3) is 0.308. The molecule has 0 radical (unpaired) electrons. The molecule has 1 saturated heterocycles. The zero-order valence-corrected chi connectivity index (χ0v) is 18.6. The molecule has 2 aromatic carbocycles. The number of nitrogens with zero attached hydrogens (tertiary/aromatic N) is 2. The van der Waals surface area contributed by atoms with E-state index in [1.54, 1.807) is 60.2 Å². The van der Waals surface area contributed by atoms with Crippen molar-refractivity contribution < 1.29 is 24.1 Å². The summed E-state index contributed by atoms with van der Waals surface area (Å²) in [5.41, 5.74) is 1.97. The van der Waals surface area contributed by atoms with E-state index in [1.165, 1.54) is 6.07 Å². The van der Waals surface area contributed by atoms with Crippen molar-refractivity contribution in [3.8, 4) is 16.9 Å². The number of aromatic nitrogens is 1. The van der Waals surface area contributed by atoms with Gasteiger partial charge in [0.1, 0.15) is 11.6 Å². The number of carboxylic acid groups (broad SMARTS) is 1. The number of hydrogen-bond donors (Lipinski definition) is 2. The predicted molar refractivity (Wildman–Crippen MR) is 123 cm³/mol. The average molecular weight is 464 g/mol. The number of halogens is 1. The standard InChI is InChI=1S/C26H25FN2O5/c1-34-17-7-4-6-15(11-17)18-9-10-21-24-23(26(32)33)19(14-30)22(13-29(21)25(18)31)28(24)12-16-5-2-3-8-20(16)27/h2-11,19,22-24,30H,12-14H2,1H3,(H,32,33)/t19-,22-,23+,24+/m0/s1. The molecule has 8 heteroatoms. The number of carbonyl (C=O) groups is 1. The Bertz CT molecular complexity index is 1310. The van der Waals surface area contributed by atoms with E-state index >= 15 is 0 Å². The summed E-state index contributed by atoms with van der Waals surface area (Å²) in [6.07, 6.45) is 0. The van der Waals surface area contributed by atoms with Crippen LogP contribution in [0, 0.1) is 17.7 Å². The van der Waals surface area contributed by atoms with Crippen LogP contribution in [0.3, 0.4) is 0 Å². The molecule has 0 spiro atoms. The Kier molecular flexibility index (Phi) is 5.71. The summed E-state index contributed by atoms with van der Waals surface area (Å²) in [7, 11) is 1.56. The Balaban J connectivity index is 1.63. The van der Waals surface area contributed by atoms with E-state index in [0.29, 0.717) is 28.1 Å². The highest BCUT2D eigenvalue weighted by molar-refractivity contribution is 5.73. The van der Waals surface area contributed by atoms with Crippen molar-refractivity contribution in [2.45, 2.75) is 25.2 Å². The molecular weight excluding hydrogens is 439 g/mol. The van der Waals surface area contributed by atoms with Crippen molar-refractivity contribution in [1.82, 2.24) is 9.47 Å². The lowest BCUT2D eigenvalue weighted by Gasteiger charge is -2.38. The highest BCUT2D eigenvalue weighted by atomic mass is 19.1. The van der Waals surface area contributed by atoms with Crippen LogP contribution < -0.4 is 10.3 Å². The number of pyridine rings is 1. The summed E-state index contributed by atoms with van der Waals surface area (Å²) in [5.74, 6) is -2.29. The molecule has 4 atom stereocenters. The second-order valence-electron chi connectivity index (χ2n) is 8.81. The molecule has 176 valence electrons. The van der Waals surface area contributed by atoms with Gasteiger partial charge in [-0.05, 0) is 35.9 Å². The van der Waals surface area contributed by atoms with Crippen LogP contribution in [0.15, 0.2) is 65.5 Å². The number of fused-ring (bicyclic) bond motifs is 4. The molecule has 3 heterocycles. The Morgan fingerprint density at radius 1 is 1.15 bits per heavy atom. The lowest BCUT2D eigenvalue weighted by atomic mass is 9.87. The monoisotopic (exact) mass is 464 g/mol. The average Bonchev–Trinajstić information content (AvgIpc) is 3.05. The van der Waals surface area contributed by atoms with Gasteiger partial charge in [0, 0.05) is 48.5 Å². The maximum atomic E-state index is 14.5. The smallest absolute Gasteiger partial charge is 0.308 e. The first-order chi connectivity index (χ1) is 16.4. The largest absolute Gasteiger partial charge is 0.497 e. The normalized spacial score (nSPS) is 23.5. The molecule has 1 fully saturated rings. The van der Waals surface area contributed by atoms with Gasteiger partial charge in [0.25, 0.3) is 5.56 Å². The van der Waals surface area contributed by atoms with Crippen molar-refractivity contribution >= 4 is 5.97 Å². The number of aliphatic hydroxyl groups is 1. The summed E-state index contributed by atoms with van der Waals surface area (Å²) in [5, 5.41) is 20.2. The van der Waals surface area contributed by atoms with Gasteiger partial charge in [-0.25, -0.2) is 4.39 Å². The third-order valence-corrected chi connectivity index (χ3v) is 7.15. The number of aliphatic hydroxyl groups excluding tert-OH is 1. The highest BCUT2D eigenvalue weighted by Crippen LogP contribution is 2.49. The van der Waals surface area contributed by atoms with Crippen LogP contribution in [-0.2, 0) is 17.9 Å². The third kappa shape index (κ3) is 3.50. The number of ether oxygens (including phenoxy) is 1. The molecular formula is C26H25FN2O5. The van der Waals surface area contributed by atoms with Gasteiger partial charge in [-0.2, -0.15) is 0 Å². The van der Waals surface area contributed by atoms with Crippen molar-refractivity contribution in [2.75, 3.05) is 13.7 Å². The van der Waals surface area contributed by atoms with Gasteiger partial charge in [0.2, 0.25) is 0 Å². The molecule has 7 nitrogen and oxygen atoms in total. The van der Waals surface area contributed by atoms with Crippen LogP contribution in [0.4, 0.5) is 4.39 Å². The number of benzene rings is 2. The predicted octanol–water partition coefficient (Wildman–Crippen LogP) is 2.91. The number of rotatable bonds is 6. The maximum absolute atomic E-state index is 14.5. The molecule has 0 saturated carbocycles. The van der Waals surface area contributed by atoms with Gasteiger partial charge in [0.05, 0.1) is 19.1 Å². The Morgan fingerprint density at radius 2 is 1.94 bits per heavy atom. The fourth-order valence-electron chi connectivity index (χ4n) is 5.56. The molecule has 5 rings (SSSR count). The number of hydrogen-bond acceptors (Lipinski definition) is 5. The molecule has 1 aromatic heterocycles. The van der Waals surface area contributed by atoms with E-state index in [9.17, 15) is 24.2 Å². The molecule has 0 amide bonds. The summed E-state index contributed by atoms with van der Waals surface area (Å²) in [4.78, 5) is 27.8. The summed E-state index contributed by atoms with van der Waals surface area (Å²) < 4.78 is 21.4. The SMILES string of the molecule is COc1cccc(-c2ccc3n(c2=O)C[C@H]2[C@H](CO)[C@@H](C(=O)O)[C@@H]3N2Cc2ccccc2F)c1. The van der Waals surface area contributed by atoms with Gasteiger partial charge in [-0.1, -0.05) is 30.3 Å². The first-order valence-electron chi connectivity index (χ1n) is 11.2. The number of aliphatic carboxylic acids is 1. The third-order valence-electron chi connectivity index (χ3n) is 7.15. The molecule has 3 aromatic rings. The topological polar surface area (TPSA) is 92.0 Å². The molecule has 2 aliphatic heterocycles. The second kappa shape index (κ2) is 8.70. The zero-order chi connectivity index (χ0) is 24.0. The van der Waals surface area contributed by atoms with E-state index in [4.69, 9.17) is 4.74 Å². The molecule has 0 aliphatic carbocycles. The first kappa shape index (κ1) is 22.3. The summed E-state index contributed by atoms with van der Waals surface area (Å²) in [6, 6.07) is 16.0. The van der Waals surface area contributed by atoms with Crippen LogP contribution in [0.25, 0.3) is 11.1 Å². The van der Waals surface area contributed by atoms with Crippen molar-refractivity contribution in [2.24, 2.45) is 11.8 Å². The van der Waals surface area contributed by atoms with Crippen molar-refractivity contribution in [3.05, 3.63) is 88.1 Å². The van der Waals surface area contributed by atoms with Gasteiger partial charge in [-0.15, -0.1) is 0 Å². The van der Waals surface area contributed by atoms with Crippen LogP contribution in [0.5, 0.6) is 5.75 Å². The van der Waals surface area contributed by atoms with Crippen LogP contribution in [-0.4, -0.2) is 45.4 Å². The molecule has 2 bridgehead atoms. The zero-order valence-electron chi connectivity index (χ0n) is 18.6. The van der Waals surface area contributed by atoms with Gasteiger partial charge in [0.15, 0.2) is 0 Å². The van der Waals surface area contributed by atoms with Crippen LogP contribution in [0.1, 0.15) is 17.3 Å². The van der Waals surface area contributed by atoms with E-state index in [1.807, 2.05) is 11.0 Å². The Morgan fingerprint density at radius 3 is 2.65 bits per heavy atom. The minimum Gasteiger partial charge on any atom is -0.497 e. The maximum Gasteiger partial charge on any atom is 0.308 e. The van der Waals surface area contributed by atoms with Gasteiger partial charge < -0.3 is 19.5 Å². The molecule has 34 heavy (non-hydrogen) atoms. The van der Waals surface area contributed by atoms with Crippen molar-refractivity contribution in [3.63, 3.8) is 0 Å². The molecule has 2 N–H and O–H groups in total. The lowest BCUT2D eigenvalue weighted by Crippen LogP contribution is -2.46. The Labute approximate surface area is 195 Å². The lowest BCUT2D eigenvalue weighted by molar-refractivity contribution is -0.144. The van der Waals surface area contributed by atoms with Gasteiger partial charge >= 0.3 is 5.97 Å². The number of carboxylic acids is 1. The highest BCUT2D eigenvalue weighted by Gasteiger charge is 2.56. The van der Waals surface area contributed by atoms with Gasteiger partial charge in [-0.3, -0.25) is 14.5 Å². The van der Waals surface area contributed by atoms with E-state index < -0.39 is 29.9 Å². The van der Waals surface area contributed by atoms with Crippen LogP contribution >= 0.6 is 0 Å². The van der Waals surface area contributed by atoms with Crippen LogP contribution in [0.2, 0.25) is 0 Å². The van der Waals surface area contributed by atoms with E-state index in [-0.39, 0.29) is 31.1 Å². The van der Waals surface area contributed by atoms with E-state index in [2.05, 4.69) is 0 Å². The quantitative estimate of drug-likeness (QED) is 0.583.